The van der Waals surface area contributed by atoms with Gasteiger partial charge in [-0.15, -0.1) is 0 Å². The van der Waals surface area contributed by atoms with Crippen LogP contribution in [0.3, 0.4) is 0 Å². The van der Waals surface area contributed by atoms with Gasteiger partial charge in [0.15, 0.2) is 0 Å². The molecule has 7 rings (SSSR count). The Morgan fingerprint density at radius 3 is 2.38 bits per heavy atom. The molecule has 6 aromatic rings. The summed E-state index contributed by atoms with van der Waals surface area (Å²) in [5.41, 5.74) is 5.55. The normalized spacial score (nSPS) is 14.2. The molecule has 5 heterocycles. The summed E-state index contributed by atoms with van der Waals surface area (Å²) in [4.78, 5) is 32.7. The first-order valence-corrected chi connectivity index (χ1v) is 11.6. The lowest BCUT2D eigenvalue weighted by Crippen LogP contribution is -2.30. The summed E-state index contributed by atoms with van der Waals surface area (Å²) in [6.45, 7) is 2.05. The second-order valence-electron chi connectivity index (χ2n) is 8.88. The van der Waals surface area contributed by atoms with E-state index in [4.69, 9.17) is 4.98 Å². The molecule has 0 atom stereocenters. The second-order valence-corrected chi connectivity index (χ2v) is 8.88. The van der Waals surface area contributed by atoms with Gasteiger partial charge in [-0.1, -0.05) is 18.2 Å². The molecule has 0 bridgehead atoms. The molecule has 1 aliphatic rings. The van der Waals surface area contributed by atoms with Crippen LogP contribution in [0, 0.1) is 0 Å². The maximum atomic E-state index is 12.9. The SMILES string of the molecule is O=C(Cn1cc(-c2nc3c4cccnc4c4ncccc4c3[nH]2)c2ccccc21)N1CCCC1. The smallest absolute Gasteiger partial charge is 0.242 e. The Kier molecular flexibility index (Phi) is 4.17. The van der Waals surface area contributed by atoms with Crippen LogP contribution in [-0.2, 0) is 11.3 Å². The van der Waals surface area contributed by atoms with Crippen LogP contribution >= 0.6 is 0 Å². The predicted molar refractivity (Wildman–Crippen MR) is 133 cm³/mol. The first-order chi connectivity index (χ1) is 16.8. The Balaban J connectivity index is 1.44. The monoisotopic (exact) mass is 446 g/mol. The van der Waals surface area contributed by atoms with E-state index in [1.54, 1.807) is 12.4 Å². The van der Waals surface area contributed by atoms with E-state index in [2.05, 4.69) is 43.9 Å². The van der Waals surface area contributed by atoms with Gasteiger partial charge in [0, 0.05) is 58.9 Å². The number of aromatic nitrogens is 5. The second kappa shape index (κ2) is 7.38. The van der Waals surface area contributed by atoms with Crippen LogP contribution in [-0.4, -0.2) is 48.4 Å². The topological polar surface area (TPSA) is 79.7 Å². The fraction of sp³-hybridized carbons (Fsp3) is 0.185. The van der Waals surface area contributed by atoms with Gasteiger partial charge in [0.2, 0.25) is 5.91 Å². The minimum absolute atomic E-state index is 0.170. The Bertz CT molecular complexity index is 1650. The maximum Gasteiger partial charge on any atom is 0.242 e. The minimum Gasteiger partial charge on any atom is -0.341 e. The molecule has 0 unspecified atom stereocenters. The summed E-state index contributed by atoms with van der Waals surface area (Å²) in [7, 11) is 0. The summed E-state index contributed by atoms with van der Waals surface area (Å²) in [5.74, 6) is 0.948. The van der Waals surface area contributed by atoms with E-state index < -0.39 is 0 Å². The zero-order chi connectivity index (χ0) is 22.6. The van der Waals surface area contributed by atoms with Gasteiger partial charge in [-0.25, -0.2) is 4.98 Å². The van der Waals surface area contributed by atoms with E-state index in [0.29, 0.717) is 6.54 Å². The number of benzene rings is 2. The highest BCUT2D eigenvalue weighted by Crippen LogP contribution is 2.35. The molecule has 0 aliphatic carbocycles. The number of fused-ring (bicyclic) bond motifs is 7. The van der Waals surface area contributed by atoms with Crippen molar-refractivity contribution in [1.29, 1.82) is 0 Å². The highest BCUT2D eigenvalue weighted by Gasteiger charge is 2.21. The van der Waals surface area contributed by atoms with Gasteiger partial charge in [-0.3, -0.25) is 14.8 Å². The molecular weight excluding hydrogens is 424 g/mol. The Hall–Kier alpha value is -4.26. The minimum atomic E-state index is 0.170. The lowest BCUT2D eigenvalue weighted by molar-refractivity contribution is -0.130. The first-order valence-electron chi connectivity index (χ1n) is 11.6. The van der Waals surface area contributed by atoms with E-state index >= 15 is 0 Å². The molecule has 4 aromatic heterocycles. The molecule has 166 valence electrons. The summed E-state index contributed by atoms with van der Waals surface area (Å²) in [6.07, 6.45) is 7.82. The van der Waals surface area contributed by atoms with Crippen LogP contribution < -0.4 is 0 Å². The number of likely N-dealkylation sites (tertiary alicyclic amines) is 1. The number of hydrogen-bond acceptors (Lipinski definition) is 4. The number of aromatic amines is 1. The molecule has 2 aromatic carbocycles. The number of pyridine rings is 2. The van der Waals surface area contributed by atoms with Gasteiger partial charge >= 0.3 is 0 Å². The van der Waals surface area contributed by atoms with Gasteiger partial charge in [0.05, 0.1) is 22.1 Å². The molecule has 0 radical (unpaired) electrons. The number of carbonyl (C=O) groups is 1. The number of carbonyl (C=O) groups excluding carboxylic acids is 1. The molecule has 1 N–H and O–H groups in total. The van der Waals surface area contributed by atoms with Crippen LogP contribution in [0.25, 0.3) is 55.1 Å². The number of para-hydroxylation sites is 1. The van der Waals surface area contributed by atoms with E-state index in [9.17, 15) is 4.79 Å². The predicted octanol–water partition coefficient (Wildman–Crippen LogP) is 4.90. The van der Waals surface area contributed by atoms with Crippen molar-refractivity contribution in [2.75, 3.05) is 13.1 Å². The molecule has 1 amide bonds. The largest absolute Gasteiger partial charge is 0.341 e. The van der Waals surface area contributed by atoms with Crippen LogP contribution in [0.15, 0.2) is 67.1 Å². The molecule has 7 heteroatoms. The van der Waals surface area contributed by atoms with Gasteiger partial charge in [-0.05, 0) is 43.2 Å². The molecule has 34 heavy (non-hydrogen) atoms. The summed E-state index contributed by atoms with van der Waals surface area (Å²) >= 11 is 0. The molecule has 1 fully saturated rings. The van der Waals surface area contributed by atoms with Crippen molar-refractivity contribution in [1.82, 2.24) is 29.4 Å². The van der Waals surface area contributed by atoms with Crippen molar-refractivity contribution in [2.45, 2.75) is 19.4 Å². The third kappa shape index (κ3) is 2.83. The van der Waals surface area contributed by atoms with Gasteiger partial charge in [0.25, 0.3) is 0 Å². The summed E-state index contributed by atoms with van der Waals surface area (Å²) in [5, 5.41) is 3.04. The zero-order valence-electron chi connectivity index (χ0n) is 18.5. The van der Waals surface area contributed by atoms with Crippen molar-refractivity contribution in [3.63, 3.8) is 0 Å². The van der Waals surface area contributed by atoms with Crippen molar-refractivity contribution < 1.29 is 4.79 Å². The Labute approximate surface area is 195 Å². The number of hydrogen-bond donors (Lipinski definition) is 1. The van der Waals surface area contributed by atoms with Crippen LogP contribution in [0.5, 0.6) is 0 Å². The number of rotatable bonds is 3. The van der Waals surface area contributed by atoms with E-state index in [1.807, 2.05) is 35.2 Å². The lowest BCUT2D eigenvalue weighted by Gasteiger charge is -2.15. The average Bonchev–Trinajstić information content (AvgIpc) is 3.63. The standard InChI is InChI=1S/C27H22N6O/c34-22(32-13-3-4-14-32)16-33-15-20(17-7-1-2-10-21(17)33)27-30-25-18-8-5-11-28-23(18)24-19(26(25)31-27)9-6-12-29-24/h1-2,5-12,15H,3-4,13-14,16H2,(H,30,31). The fourth-order valence-corrected chi connectivity index (χ4v) is 5.25. The quantitative estimate of drug-likeness (QED) is 0.392. The molecular formula is C27H22N6O. The molecule has 0 saturated carbocycles. The maximum absolute atomic E-state index is 12.9. The van der Waals surface area contributed by atoms with Gasteiger partial charge < -0.3 is 14.5 Å². The summed E-state index contributed by atoms with van der Waals surface area (Å²) < 4.78 is 2.05. The van der Waals surface area contributed by atoms with E-state index in [-0.39, 0.29) is 5.91 Å². The van der Waals surface area contributed by atoms with E-state index in [0.717, 1.165) is 81.1 Å². The van der Waals surface area contributed by atoms with Crippen molar-refractivity contribution in [3.05, 3.63) is 67.1 Å². The number of imidazole rings is 1. The third-order valence-electron chi connectivity index (χ3n) is 6.88. The zero-order valence-corrected chi connectivity index (χ0v) is 18.5. The van der Waals surface area contributed by atoms with E-state index in [1.165, 1.54) is 0 Å². The van der Waals surface area contributed by atoms with Crippen LogP contribution in [0.1, 0.15) is 12.8 Å². The fourth-order valence-electron chi connectivity index (χ4n) is 5.25. The Morgan fingerprint density at radius 1 is 0.853 bits per heavy atom. The number of nitrogens with zero attached hydrogens (tertiary/aromatic N) is 5. The van der Waals surface area contributed by atoms with Gasteiger partial charge in [-0.2, -0.15) is 0 Å². The van der Waals surface area contributed by atoms with Crippen molar-refractivity contribution in [3.8, 4) is 11.4 Å². The molecule has 0 spiro atoms. The number of nitrogens with one attached hydrogen (secondary N) is 1. The third-order valence-corrected chi connectivity index (χ3v) is 6.88. The summed E-state index contributed by atoms with van der Waals surface area (Å²) in [6, 6.07) is 16.2. The highest BCUT2D eigenvalue weighted by molar-refractivity contribution is 6.21. The molecule has 7 nitrogen and oxygen atoms in total. The highest BCUT2D eigenvalue weighted by atomic mass is 16.2. The first kappa shape index (κ1) is 19.2. The average molecular weight is 447 g/mol. The van der Waals surface area contributed by atoms with Crippen molar-refractivity contribution in [2.24, 2.45) is 0 Å². The number of amides is 1. The van der Waals surface area contributed by atoms with Crippen LogP contribution in [0.2, 0.25) is 0 Å². The lowest BCUT2D eigenvalue weighted by atomic mass is 10.1. The van der Waals surface area contributed by atoms with Crippen molar-refractivity contribution >= 4 is 49.6 Å². The van der Waals surface area contributed by atoms with Crippen LogP contribution in [0.4, 0.5) is 0 Å². The number of H-pyrrole nitrogens is 1. The Morgan fingerprint density at radius 2 is 1.56 bits per heavy atom. The molecule has 1 aliphatic heterocycles. The molecule has 1 saturated heterocycles. The van der Waals surface area contributed by atoms with Gasteiger partial charge in [0.1, 0.15) is 12.4 Å².